The number of nitrogens with one attached hydrogen (secondary N) is 2. The lowest BCUT2D eigenvalue weighted by molar-refractivity contribution is -0.118. The molecule has 1 amide bonds. The summed E-state index contributed by atoms with van der Waals surface area (Å²) in [6.45, 7) is 7.79. The van der Waals surface area contributed by atoms with Crippen LogP contribution in [0, 0.1) is 0 Å². The first kappa shape index (κ1) is 22.0. The predicted octanol–water partition coefficient (Wildman–Crippen LogP) is 3.65. The van der Waals surface area contributed by atoms with Crippen LogP contribution in [-0.4, -0.2) is 46.9 Å². The number of rotatable bonds is 6. The second-order valence-electron chi connectivity index (χ2n) is 8.72. The van der Waals surface area contributed by atoms with Gasteiger partial charge in [-0.15, -0.1) is 0 Å². The number of aliphatic imine (C=N–C) groups is 1. The summed E-state index contributed by atoms with van der Waals surface area (Å²) in [5.41, 5.74) is 2.29. The van der Waals surface area contributed by atoms with Gasteiger partial charge in [0.15, 0.2) is 0 Å². The SMILES string of the molecule is C=N/C(=C\C=C(/C)N1CCCC1)C(=O)NC1CCC(c2n[nH]c(=O)c3ccccc23)CC1. The zero-order chi connectivity index (χ0) is 22.5. The van der Waals surface area contributed by atoms with Gasteiger partial charge in [-0.1, -0.05) is 18.2 Å². The van der Waals surface area contributed by atoms with E-state index in [0.29, 0.717) is 11.1 Å². The van der Waals surface area contributed by atoms with Gasteiger partial charge in [-0.05, 0) is 70.4 Å². The van der Waals surface area contributed by atoms with E-state index in [0.717, 1.165) is 55.5 Å². The third-order valence-corrected chi connectivity index (χ3v) is 6.66. The number of aromatic amines is 1. The van der Waals surface area contributed by atoms with Gasteiger partial charge in [0, 0.05) is 36.1 Å². The molecule has 0 spiro atoms. The molecule has 0 radical (unpaired) electrons. The number of hydrogen-bond acceptors (Lipinski definition) is 5. The van der Waals surface area contributed by atoms with Crippen molar-refractivity contribution in [1.82, 2.24) is 20.4 Å². The van der Waals surface area contributed by atoms with Crippen LogP contribution in [0.2, 0.25) is 0 Å². The lowest BCUT2D eigenvalue weighted by Crippen LogP contribution is -2.38. The molecule has 7 heteroatoms. The first-order valence-electron chi connectivity index (χ1n) is 11.4. The number of H-pyrrole nitrogens is 1. The minimum Gasteiger partial charge on any atom is -0.375 e. The van der Waals surface area contributed by atoms with Crippen molar-refractivity contribution >= 4 is 23.4 Å². The molecule has 1 aliphatic carbocycles. The quantitative estimate of drug-likeness (QED) is 0.413. The van der Waals surface area contributed by atoms with Gasteiger partial charge in [0.25, 0.3) is 11.5 Å². The molecule has 1 saturated heterocycles. The summed E-state index contributed by atoms with van der Waals surface area (Å²) >= 11 is 0. The molecule has 2 N–H and O–H groups in total. The molecule has 2 aliphatic rings. The Balaban J connectivity index is 1.37. The molecular weight excluding hydrogens is 402 g/mol. The third-order valence-electron chi connectivity index (χ3n) is 6.66. The lowest BCUT2D eigenvalue weighted by Gasteiger charge is -2.29. The van der Waals surface area contributed by atoms with E-state index in [9.17, 15) is 9.59 Å². The summed E-state index contributed by atoms with van der Waals surface area (Å²) in [6.07, 6.45) is 9.68. The van der Waals surface area contributed by atoms with Gasteiger partial charge >= 0.3 is 0 Å². The molecule has 7 nitrogen and oxygen atoms in total. The molecule has 0 unspecified atom stereocenters. The Morgan fingerprint density at radius 2 is 1.84 bits per heavy atom. The monoisotopic (exact) mass is 433 g/mol. The van der Waals surface area contributed by atoms with Gasteiger partial charge in [0.2, 0.25) is 0 Å². The van der Waals surface area contributed by atoms with E-state index in [1.807, 2.05) is 30.3 Å². The Bertz CT molecular complexity index is 1100. The van der Waals surface area contributed by atoms with Crippen LogP contribution in [0.1, 0.15) is 57.1 Å². The van der Waals surface area contributed by atoms with Gasteiger partial charge < -0.3 is 10.2 Å². The van der Waals surface area contributed by atoms with Crippen molar-refractivity contribution in [3.05, 3.63) is 63.9 Å². The van der Waals surface area contributed by atoms with Crippen LogP contribution in [-0.2, 0) is 4.79 Å². The molecule has 0 bridgehead atoms. The minimum atomic E-state index is -0.179. The predicted molar refractivity (Wildman–Crippen MR) is 128 cm³/mol. The van der Waals surface area contributed by atoms with Crippen LogP contribution in [0.5, 0.6) is 0 Å². The zero-order valence-electron chi connectivity index (χ0n) is 18.6. The average Bonchev–Trinajstić information content (AvgIpc) is 3.36. The van der Waals surface area contributed by atoms with Gasteiger partial charge in [0.05, 0.1) is 11.1 Å². The van der Waals surface area contributed by atoms with Crippen LogP contribution >= 0.6 is 0 Å². The van der Waals surface area contributed by atoms with Crippen molar-refractivity contribution in [3.63, 3.8) is 0 Å². The third kappa shape index (κ3) is 4.82. The Kier molecular flexibility index (Phi) is 6.83. The first-order chi connectivity index (χ1) is 15.6. The highest BCUT2D eigenvalue weighted by atomic mass is 16.2. The molecule has 1 aliphatic heterocycles. The summed E-state index contributed by atoms with van der Waals surface area (Å²) < 4.78 is 0. The van der Waals surface area contributed by atoms with E-state index in [2.05, 4.69) is 39.0 Å². The molecule has 4 rings (SSSR count). The summed E-state index contributed by atoms with van der Waals surface area (Å²) in [4.78, 5) is 31.1. The van der Waals surface area contributed by atoms with Crippen molar-refractivity contribution in [3.8, 4) is 0 Å². The second kappa shape index (κ2) is 9.94. The van der Waals surface area contributed by atoms with E-state index >= 15 is 0 Å². The highest BCUT2D eigenvalue weighted by Gasteiger charge is 2.26. The van der Waals surface area contributed by atoms with E-state index in [4.69, 9.17) is 0 Å². The van der Waals surface area contributed by atoms with Crippen LogP contribution in [0.4, 0.5) is 0 Å². The number of amides is 1. The van der Waals surface area contributed by atoms with Gasteiger partial charge in [-0.3, -0.25) is 14.6 Å². The van der Waals surface area contributed by atoms with Crippen molar-refractivity contribution in [2.45, 2.75) is 57.4 Å². The highest BCUT2D eigenvalue weighted by Crippen LogP contribution is 2.34. The van der Waals surface area contributed by atoms with E-state index in [1.54, 1.807) is 6.08 Å². The minimum absolute atomic E-state index is 0.0987. The number of carbonyl (C=O) groups excluding carboxylic acids is 1. The topological polar surface area (TPSA) is 90.4 Å². The van der Waals surface area contributed by atoms with Crippen LogP contribution in [0.3, 0.4) is 0 Å². The number of fused-ring (bicyclic) bond motifs is 1. The number of benzene rings is 1. The van der Waals surface area contributed by atoms with Gasteiger partial charge in [-0.25, -0.2) is 5.10 Å². The lowest BCUT2D eigenvalue weighted by atomic mass is 9.82. The van der Waals surface area contributed by atoms with E-state index in [-0.39, 0.29) is 23.4 Å². The van der Waals surface area contributed by atoms with E-state index in [1.165, 1.54) is 12.8 Å². The molecule has 2 aromatic rings. The first-order valence-corrected chi connectivity index (χ1v) is 11.4. The molecular formula is C25H31N5O2. The normalized spacial score (nSPS) is 22.2. The van der Waals surface area contributed by atoms with Crippen LogP contribution in [0.15, 0.2) is 57.6 Å². The molecule has 0 atom stereocenters. The molecule has 1 aromatic carbocycles. The smallest absolute Gasteiger partial charge is 0.272 e. The Hall–Kier alpha value is -3.22. The fourth-order valence-corrected chi connectivity index (χ4v) is 4.79. The Morgan fingerprint density at radius 3 is 2.53 bits per heavy atom. The molecule has 2 fully saturated rings. The van der Waals surface area contributed by atoms with Crippen molar-refractivity contribution in [1.29, 1.82) is 0 Å². The van der Waals surface area contributed by atoms with Crippen molar-refractivity contribution < 1.29 is 4.79 Å². The summed E-state index contributed by atoms with van der Waals surface area (Å²) in [5, 5.41) is 11.7. The Morgan fingerprint density at radius 1 is 1.16 bits per heavy atom. The average molecular weight is 434 g/mol. The standard InChI is InChI=1S/C25H31N5O2/c1-17(30-15-5-6-16-30)9-14-22(26-2)25(32)27-19-12-10-18(11-13-19)23-20-7-3-4-8-21(20)24(31)29-28-23/h3-4,7-9,14,18-19H,2,5-6,10-13,15-16H2,1H3,(H,27,32)(H,29,31)/b17-9+,22-14-. The largest absolute Gasteiger partial charge is 0.375 e. The maximum absolute atomic E-state index is 12.7. The van der Waals surface area contributed by atoms with Crippen LogP contribution in [0.25, 0.3) is 10.8 Å². The van der Waals surface area contributed by atoms with Crippen molar-refractivity contribution in [2.75, 3.05) is 13.1 Å². The Labute approximate surface area is 188 Å². The number of allylic oxidation sites excluding steroid dienone is 3. The number of carbonyl (C=O) groups is 1. The van der Waals surface area contributed by atoms with Crippen LogP contribution < -0.4 is 10.9 Å². The maximum Gasteiger partial charge on any atom is 0.272 e. The molecule has 168 valence electrons. The number of hydrogen-bond donors (Lipinski definition) is 2. The fourth-order valence-electron chi connectivity index (χ4n) is 4.79. The molecule has 32 heavy (non-hydrogen) atoms. The molecule has 1 aromatic heterocycles. The molecule has 1 saturated carbocycles. The highest BCUT2D eigenvalue weighted by molar-refractivity contribution is 5.94. The van der Waals surface area contributed by atoms with Crippen molar-refractivity contribution in [2.24, 2.45) is 4.99 Å². The number of likely N-dealkylation sites (tertiary alicyclic amines) is 1. The fraction of sp³-hybridized carbons (Fsp3) is 0.440. The van der Waals surface area contributed by atoms with E-state index < -0.39 is 0 Å². The summed E-state index contributed by atoms with van der Waals surface area (Å²) in [5.74, 6) is 0.0880. The zero-order valence-corrected chi connectivity index (χ0v) is 18.6. The maximum atomic E-state index is 12.7. The van der Waals surface area contributed by atoms with Gasteiger partial charge in [0.1, 0.15) is 5.70 Å². The summed E-state index contributed by atoms with van der Waals surface area (Å²) in [6, 6.07) is 7.71. The number of nitrogens with zero attached hydrogens (tertiary/aromatic N) is 3. The second-order valence-corrected chi connectivity index (χ2v) is 8.72. The summed E-state index contributed by atoms with van der Waals surface area (Å²) in [7, 11) is 0. The number of aromatic nitrogens is 2. The molecule has 2 heterocycles. The van der Waals surface area contributed by atoms with Gasteiger partial charge in [-0.2, -0.15) is 5.10 Å².